The number of guanidine groups is 1. The van der Waals surface area contributed by atoms with Crippen LogP contribution in [-0.4, -0.2) is 53.6 Å². The predicted octanol–water partition coefficient (Wildman–Crippen LogP) is 2.58. The molecule has 0 heterocycles. The van der Waals surface area contributed by atoms with Gasteiger partial charge < -0.3 is 29.6 Å². The van der Waals surface area contributed by atoms with Gasteiger partial charge in [-0.05, 0) is 32.1 Å². The molecule has 1 aromatic carbocycles. The molecule has 0 saturated heterocycles. The Labute approximate surface area is 162 Å². The molecule has 2 N–H and O–H groups in total. The number of hydrogen-bond donors (Lipinski definition) is 2. The lowest BCUT2D eigenvalue weighted by molar-refractivity contribution is 0.123. The lowest BCUT2D eigenvalue weighted by Gasteiger charge is -2.15. The molecule has 1 aliphatic carbocycles. The van der Waals surface area contributed by atoms with E-state index >= 15 is 0 Å². The lowest BCUT2D eigenvalue weighted by atomic mass is 10.1. The van der Waals surface area contributed by atoms with Crippen molar-refractivity contribution < 1.29 is 18.9 Å². The van der Waals surface area contributed by atoms with Gasteiger partial charge in [-0.3, -0.25) is 0 Å². The van der Waals surface area contributed by atoms with E-state index in [4.69, 9.17) is 18.9 Å². The molecule has 1 aromatic rings. The molecule has 1 saturated carbocycles. The number of benzene rings is 1. The average Bonchev–Trinajstić information content (AvgIpc) is 3.52. The number of hydrogen-bond acceptors (Lipinski definition) is 5. The highest BCUT2D eigenvalue weighted by molar-refractivity contribution is 5.79. The summed E-state index contributed by atoms with van der Waals surface area (Å²) < 4.78 is 21.9. The minimum absolute atomic E-state index is 0.434. The molecule has 2 rings (SSSR count). The molecule has 0 atom stereocenters. The molecule has 1 fully saturated rings. The van der Waals surface area contributed by atoms with Crippen LogP contribution < -0.4 is 24.8 Å². The number of ether oxygens (including phenoxy) is 4. The topological polar surface area (TPSA) is 73.3 Å². The third kappa shape index (κ3) is 7.17. The second-order valence-electron chi connectivity index (χ2n) is 6.50. The predicted molar refractivity (Wildman–Crippen MR) is 107 cm³/mol. The van der Waals surface area contributed by atoms with Crippen molar-refractivity contribution in [3.8, 4) is 17.2 Å². The molecule has 0 radical (unpaired) electrons. The molecule has 7 heteroatoms. The summed E-state index contributed by atoms with van der Waals surface area (Å²) in [6, 6.07) is 3.68. The first-order valence-corrected chi connectivity index (χ1v) is 9.60. The lowest BCUT2D eigenvalue weighted by Crippen LogP contribution is -2.38. The fourth-order valence-electron chi connectivity index (χ4n) is 2.65. The molecule has 0 aliphatic heterocycles. The summed E-state index contributed by atoms with van der Waals surface area (Å²) in [5.74, 6) is 3.65. The monoisotopic (exact) mass is 379 g/mol. The number of rotatable bonds is 12. The van der Waals surface area contributed by atoms with Gasteiger partial charge in [-0.2, -0.15) is 0 Å². The Balaban J connectivity index is 1.92. The van der Waals surface area contributed by atoms with Gasteiger partial charge in [0.05, 0.1) is 33.4 Å². The van der Waals surface area contributed by atoms with Crippen LogP contribution in [0, 0.1) is 5.92 Å². The fourth-order valence-corrected chi connectivity index (χ4v) is 2.65. The van der Waals surface area contributed by atoms with Crippen molar-refractivity contribution in [2.45, 2.75) is 32.7 Å². The summed E-state index contributed by atoms with van der Waals surface area (Å²) >= 11 is 0. The Morgan fingerprint density at radius 2 is 1.78 bits per heavy atom. The van der Waals surface area contributed by atoms with Crippen LogP contribution in [0.2, 0.25) is 0 Å². The third-order valence-electron chi connectivity index (χ3n) is 4.36. The zero-order chi connectivity index (χ0) is 19.5. The Morgan fingerprint density at radius 3 is 2.33 bits per heavy atom. The van der Waals surface area contributed by atoms with Crippen LogP contribution in [0.15, 0.2) is 17.1 Å². The smallest absolute Gasteiger partial charge is 0.191 e. The Hall–Kier alpha value is -2.15. The van der Waals surface area contributed by atoms with Crippen LogP contribution in [0.3, 0.4) is 0 Å². The van der Waals surface area contributed by atoms with Crippen LogP contribution in [0.4, 0.5) is 0 Å². The molecular formula is C20H33N3O4. The maximum Gasteiger partial charge on any atom is 0.191 e. The van der Waals surface area contributed by atoms with Crippen LogP contribution in [0.25, 0.3) is 0 Å². The van der Waals surface area contributed by atoms with E-state index in [0.717, 1.165) is 50.2 Å². The summed E-state index contributed by atoms with van der Waals surface area (Å²) in [6.45, 7) is 5.77. The second-order valence-corrected chi connectivity index (χ2v) is 6.50. The minimum atomic E-state index is 0.434. The van der Waals surface area contributed by atoms with Crippen molar-refractivity contribution in [3.63, 3.8) is 0 Å². The third-order valence-corrected chi connectivity index (χ3v) is 4.36. The van der Waals surface area contributed by atoms with Gasteiger partial charge >= 0.3 is 0 Å². The molecule has 0 aromatic heterocycles. The Bertz CT molecular complexity index is 578. The summed E-state index contributed by atoms with van der Waals surface area (Å²) in [4.78, 5) is 4.67. The van der Waals surface area contributed by atoms with E-state index < -0.39 is 0 Å². The van der Waals surface area contributed by atoms with Crippen LogP contribution >= 0.6 is 0 Å². The van der Waals surface area contributed by atoms with Crippen molar-refractivity contribution in [2.75, 3.05) is 47.6 Å². The van der Waals surface area contributed by atoms with Crippen molar-refractivity contribution in [1.82, 2.24) is 10.6 Å². The molecule has 0 amide bonds. The van der Waals surface area contributed by atoms with Gasteiger partial charge in [0.15, 0.2) is 5.96 Å². The van der Waals surface area contributed by atoms with E-state index in [-0.39, 0.29) is 0 Å². The van der Waals surface area contributed by atoms with E-state index in [1.165, 1.54) is 12.8 Å². The van der Waals surface area contributed by atoms with Crippen molar-refractivity contribution in [2.24, 2.45) is 10.9 Å². The molecule has 0 unspecified atom stereocenters. The first-order chi connectivity index (χ1) is 13.2. The number of nitrogens with zero attached hydrogens (tertiary/aromatic N) is 1. The average molecular weight is 380 g/mol. The molecule has 7 nitrogen and oxygen atoms in total. The quantitative estimate of drug-likeness (QED) is 0.330. The summed E-state index contributed by atoms with van der Waals surface area (Å²) in [5, 5.41) is 6.61. The maximum absolute atomic E-state index is 5.67. The van der Waals surface area contributed by atoms with Gasteiger partial charge in [0, 0.05) is 38.4 Å². The van der Waals surface area contributed by atoms with Crippen LogP contribution in [0.5, 0.6) is 17.2 Å². The highest BCUT2D eigenvalue weighted by atomic mass is 16.5. The molecule has 1 aliphatic rings. The summed E-state index contributed by atoms with van der Waals surface area (Å²) in [6.07, 6.45) is 3.60. The molecule has 0 spiro atoms. The number of aliphatic imine (C=N–C) groups is 1. The first kappa shape index (κ1) is 21.2. The molecule has 0 bridgehead atoms. The van der Waals surface area contributed by atoms with E-state index in [1.54, 1.807) is 21.3 Å². The Kier molecular flexibility index (Phi) is 9.04. The highest BCUT2D eigenvalue weighted by Gasteiger charge is 2.20. The molecule has 152 valence electrons. The van der Waals surface area contributed by atoms with Crippen molar-refractivity contribution >= 4 is 5.96 Å². The summed E-state index contributed by atoms with van der Waals surface area (Å²) in [7, 11) is 4.88. The SMILES string of the molecule is CCNC(=NCc1c(OC)cc(OC)cc1OC)NCCCOCC1CC1. The van der Waals surface area contributed by atoms with E-state index in [9.17, 15) is 0 Å². The van der Waals surface area contributed by atoms with E-state index in [1.807, 2.05) is 19.1 Å². The normalized spacial score (nSPS) is 14.0. The first-order valence-electron chi connectivity index (χ1n) is 9.60. The van der Waals surface area contributed by atoms with Crippen LogP contribution in [-0.2, 0) is 11.3 Å². The fraction of sp³-hybridized carbons (Fsp3) is 0.650. The zero-order valence-corrected chi connectivity index (χ0v) is 17.0. The maximum atomic E-state index is 5.67. The molecular weight excluding hydrogens is 346 g/mol. The van der Waals surface area contributed by atoms with Gasteiger partial charge in [-0.15, -0.1) is 0 Å². The van der Waals surface area contributed by atoms with Crippen molar-refractivity contribution in [1.29, 1.82) is 0 Å². The highest BCUT2D eigenvalue weighted by Crippen LogP contribution is 2.34. The van der Waals surface area contributed by atoms with E-state index in [0.29, 0.717) is 23.8 Å². The largest absolute Gasteiger partial charge is 0.496 e. The van der Waals surface area contributed by atoms with Crippen molar-refractivity contribution in [3.05, 3.63) is 17.7 Å². The molecule has 27 heavy (non-hydrogen) atoms. The standard InChI is InChI=1S/C20H33N3O4/c1-5-21-20(22-9-6-10-27-14-15-7-8-15)23-13-17-18(25-3)11-16(24-2)12-19(17)26-4/h11-12,15H,5-10,13-14H2,1-4H3,(H2,21,22,23). The van der Waals surface area contributed by atoms with Gasteiger partial charge in [-0.25, -0.2) is 4.99 Å². The van der Waals surface area contributed by atoms with Gasteiger partial charge in [0.25, 0.3) is 0 Å². The number of methoxy groups -OCH3 is 3. The zero-order valence-electron chi connectivity index (χ0n) is 17.0. The van der Waals surface area contributed by atoms with Gasteiger partial charge in [-0.1, -0.05) is 0 Å². The van der Waals surface area contributed by atoms with E-state index in [2.05, 4.69) is 15.6 Å². The van der Waals surface area contributed by atoms with Gasteiger partial charge in [0.1, 0.15) is 17.2 Å². The second kappa shape index (κ2) is 11.5. The minimum Gasteiger partial charge on any atom is -0.496 e. The Morgan fingerprint density at radius 1 is 1.07 bits per heavy atom. The van der Waals surface area contributed by atoms with Crippen LogP contribution in [0.1, 0.15) is 31.7 Å². The number of nitrogens with one attached hydrogen (secondary N) is 2. The van der Waals surface area contributed by atoms with Gasteiger partial charge in [0.2, 0.25) is 0 Å². The summed E-state index contributed by atoms with van der Waals surface area (Å²) in [5.41, 5.74) is 0.880.